The summed E-state index contributed by atoms with van der Waals surface area (Å²) in [7, 11) is -1.96. The van der Waals surface area contributed by atoms with Gasteiger partial charge in [0, 0.05) is 18.3 Å². The fraction of sp³-hybridized carbons (Fsp3) is 0.571. The number of nitrogens with two attached hydrogens (primary N) is 1. The molecule has 0 bridgehead atoms. The lowest BCUT2D eigenvalue weighted by Crippen LogP contribution is -2.35. The molecule has 1 aliphatic rings. The zero-order valence-electron chi connectivity index (χ0n) is 11.8. The molecule has 1 atom stereocenters. The molecule has 0 aromatic heterocycles. The van der Waals surface area contributed by atoms with Crippen LogP contribution in [0.15, 0.2) is 29.2 Å². The van der Waals surface area contributed by atoms with E-state index in [1.807, 2.05) is 0 Å². The van der Waals surface area contributed by atoms with Gasteiger partial charge in [-0.25, -0.2) is 13.1 Å². The quantitative estimate of drug-likeness (QED) is 0.743. The topological polar surface area (TPSA) is 84.2 Å². The molecule has 1 saturated carbocycles. The van der Waals surface area contributed by atoms with Gasteiger partial charge in [0.2, 0.25) is 10.0 Å². The molecule has 4 N–H and O–H groups in total. The largest absolute Gasteiger partial charge is 0.381 e. The Morgan fingerprint density at radius 1 is 1.25 bits per heavy atom. The van der Waals surface area contributed by atoms with Crippen LogP contribution in [-0.4, -0.2) is 28.1 Å². The molecule has 1 fully saturated rings. The Kier molecular flexibility index (Phi) is 5.01. The highest BCUT2D eigenvalue weighted by Gasteiger charge is 2.23. The van der Waals surface area contributed by atoms with E-state index in [0.717, 1.165) is 5.69 Å². The lowest BCUT2D eigenvalue weighted by atomic mass is 9.98. The van der Waals surface area contributed by atoms with Crippen molar-refractivity contribution in [3.63, 3.8) is 0 Å². The van der Waals surface area contributed by atoms with Crippen LogP contribution in [0.3, 0.4) is 0 Å². The van der Waals surface area contributed by atoms with Gasteiger partial charge in [-0.3, -0.25) is 0 Å². The van der Waals surface area contributed by atoms with Crippen LogP contribution in [0.4, 0.5) is 5.69 Å². The number of sulfonamides is 1. The Balaban J connectivity index is 2.06. The summed E-state index contributed by atoms with van der Waals surface area (Å²) in [6.07, 6.45) is 5.01. The van der Waals surface area contributed by atoms with E-state index < -0.39 is 10.0 Å². The Hall–Kier alpha value is -1.11. The zero-order chi connectivity index (χ0) is 14.6. The maximum Gasteiger partial charge on any atom is 0.240 e. The second-order valence-corrected chi connectivity index (χ2v) is 7.15. The van der Waals surface area contributed by atoms with E-state index in [-0.39, 0.29) is 10.9 Å². The molecule has 6 heteroatoms. The van der Waals surface area contributed by atoms with Crippen LogP contribution in [-0.2, 0) is 10.0 Å². The van der Waals surface area contributed by atoms with Gasteiger partial charge in [0.05, 0.1) is 4.90 Å². The number of rotatable bonds is 6. The van der Waals surface area contributed by atoms with E-state index in [2.05, 4.69) is 10.0 Å². The average molecular weight is 297 g/mol. The summed E-state index contributed by atoms with van der Waals surface area (Å²) in [5.41, 5.74) is 6.77. The third kappa shape index (κ3) is 3.50. The minimum Gasteiger partial charge on any atom is -0.381 e. The molecular formula is C14H23N3O2S. The first-order valence-corrected chi connectivity index (χ1v) is 8.55. The van der Waals surface area contributed by atoms with Crippen LogP contribution < -0.4 is 15.8 Å². The molecule has 0 spiro atoms. The van der Waals surface area contributed by atoms with Crippen LogP contribution in [0.25, 0.3) is 0 Å². The third-order valence-corrected chi connectivity index (χ3v) is 5.44. The number of anilines is 1. The van der Waals surface area contributed by atoms with Crippen molar-refractivity contribution in [2.45, 2.75) is 36.6 Å². The van der Waals surface area contributed by atoms with Gasteiger partial charge >= 0.3 is 0 Å². The maximum atomic E-state index is 11.6. The van der Waals surface area contributed by atoms with Gasteiger partial charge in [-0.1, -0.05) is 12.8 Å². The standard InChI is InChI=1S/C14H23N3O2S/c1-16-20(18,19)13-8-6-12(7-9-13)17-14(10-15)11-4-2-3-5-11/h6-9,11,14,16-17H,2-5,10,15H2,1H3. The lowest BCUT2D eigenvalue weighted by molar-refractivity contribution is 0.462. The van der Waals surface area contributed by atoms with Crippen molar-refractivity contribution in [2.75, 3.05) is 18.9 Å². The highest BCUT2D eigenvalue weighted by molar-refractivity contribution is 7.89. The van der Waals surface area contributed by atoms with E-state index in [1.165, 1.54) is 32.7 Å². The number of hydrogen-bond donors (Lipinski definition) is 3. The van der Waals surface area contributed by atoms with E-state index in [0.29, 0.717) is 12.5 Å². The summed E-state index contributed by atoms with van der Waals surface area (Å²) in [6.45, 7) is 0.598. The van der Waals surface area contributed by atoms with Crippen molar-refractivity contribution in [3.05, 3.63) is 24.3 Å². The van der Waals surface area contributed by atoms with Crippen molar-refractivity contribution in [3.8, 4) is 0 Å². The molecule has 5 nitrogen and oxygen atoms in total. The average Bonchev–Trinajstić information content (AvgIpc) is 2.99. The molecule has 0 heterocycles. The predicted molar refractivity (Wildman–Crippen MR) is 81.1 cm³/mol. The summed E-state index contributed by atoms with van der Waals surface area (Å²) in [5.74, 6) is 0.626. The van der Waals surface area contributed by atoms with Gasteiger partial charge in [-0.2, -0.15) is 0 Å². The zero-order valence-corrected chi connectivity index (χ0v) is 12.6. The molecule has 1 aromatic rings. The molecule has 1 aromatic carbocycles. The van der Waals surface area contributed by atoms with Crippen LogP contribution in [0, 0.1) is 5.92 Å². The Morgan fingerprint density at radius 2 is 1.85 bits per heavy atom. The summed E-state index contributed by atoms with van der Waals surface area (Å²) in [4.78, 5) is 0.274. The summed E-state index contributed by atoms with van der Waals surface area (Å²) in [5, 5.41) is 3.43. The van der Waals surface area contributed by atoms with Gasteiger partial charge < -0.3 is 11.1 Å². The van der Waals surface area contributed by atoms with Crippen molar-refractivity contribution in [2.24, 2.45) is 11.7 Å². The first kappa shape index (κ1) is 15.3. The Bertz CT molecular complexity index is 522. The SMILES string of the molecule is CNS(=O)(=O)c1ccc(NC(CN)C2CCCC2)cc1. The molecule has 2 rings (SSSR count). The van der Waals surface area contributed by atoms with Gasteiger partial charge in [0.15, 0.2) is 0 Å². The van der Waals surface area contributed by atoms with Gasteiger partial charge in [0.1, 0.15) is 0 Å². The smallest absolute Gasteiger partial charge is 0.240 e. The molecule has 0 amide bonds. The molecule has 0 radical (unpaired) electrons. The fourth-order valence-corrected chi connectivity index (χ4v) is 3.52. The molecule has 112 valence electrons. The molecule has 0 aliphatic heterocycles. The molecule has 1 aliphatic carbocycles. The Labute approximate surface area is 121 Å². The van der Waals surface area contributed by atoms with Crippen molar-refractivity contribution in [1.82, 2.24) is 4.72 Å². The first-order valence-electron chi connectivity index (χ1n) is 7.07. The van der Waals surface area contributed by atoms with Crippen LogP contribution in [0.1, 0.15) is 25.7 Å². The van der Waals surface area contributed by atoms with E-state index in [4.69, 9.17) is 5.73 Å². The highest BCUT2D eigenvalue weighted by Crippen LogP contribution is 2.29. The third-order valence-electron chi connectivity index (χ3n) is 4.01. The molecule has 1 unspecified atom stereocenters. The van der Waals surface area contributed by atoms with Crippen LogP contribution >= 0.6 is 0 Å². The van der Waals surface area contributed by atoms with Gasteiger partial charge in [0.25, 0.3) is 0 Å². The minimum atomic E-state index is -3.37. The van der Waals surface area contributed by atoms with E-state index in [9.17, 15) is 8.42 Å². The monoisotopic (exact) mass is 297 g/mol. The van der Waals surface area contributed by atoms with Crippen LogP contribution in [0.2, 0.25) is 0 Å². The van der Waals surface area contributed by atoms with Crippen molar-refractivity contribution >= 4 is 15.7 Å². The van der Waals surface area contributed by atoms with Gasteiger partial charge in [-0.15, -0.1) is 0 Å². The summed E-state index contributed by atoms with van der Waals surface area (Å²) >= 11 is 0. The number of benzene rings is 1. The summed E-state index contributed by atoms with van der Waals surface area (Å²) in [6, 6.07) is 7.07. The van der Waals surface area contributed by atoms with E-state index >= 15 is 0 Å². The van der Waals surface area contributed by atoms with Crippen molar-refractivity contribution in [1.29, 1.82) is 0 Å². The minimum absolute atomic E-state index is 0.268. The number of hydrogen-bond acceptors (Lipinski definition) is 4. The summed E-state index contributed by atoms with van der Waals surface area (Å²) < 4.78 is 25.6. The normalized spacial score (nSPS) is 18.1. The fourth-order valence-electron chi connectivity index (χ4n) is 2.79. The number of nitrogens with one attached hydrogen (secondary N) is 2. The van der Waals surface area contributed by atoms with Crippen LogP contribution in [0.5, 0.6) is 0 Å². The lowest BCUT2D eigenvalue weighted by Gasteiger charge is -2.24. The molecule has 20 heavy (non-hydrogen) atoms. The predicted octanol–water partition coefficient (Wildman–Crippen LogP) is 1.52. The van der Waals surface area contributed by atoms with Crippen molar-refractivity contribution < 1.29 is 8.42 Å². The Morgan fingerprint density at radius 3 is 2.35 bits per heavy atom. The molecule has 0 saturated heterocycles. The second-order valence-electron chi connectivity index (χ2n) is 5.26. The van der Waals surface area contributed by atoms with Gasteiger partial charge in [-0.05, 0) is 50.1 Å². The van der Waals surface area contributed by atoms with E-state index in [1.54, 1.807) is 24.3 Å². The highest BCUT2D eigenvalue weighted by atomic mass is 32.2. The molecular weight excluding hydrogens is 274 g/mol. The maximum absolute atomic E-state index is 11.6. The first-order chi connectivity index (χ1) is 9.56. The second kappa shape index (κ2) is 6.56.